The van der Waals surface area contributed by atoms with Gasteiger partial charge in [-0.3, -0.25) is 4.79 Å². The minimum atomic E-state index is 0.0931. The largest absolute Gasteiger partial charge is 0.326 e. The standard InChI is InChI=1S/C16H24N2O/c1-12-9-13(2)11-15(10-12)18-16(19)7-8-17-14-5-3-4-6-14/h9-11,14,17H,3-8H2,1-2H3,(H,18,19). The van der Waals surface area contributed by atoms with Crippen LogP contribution in [0.25, 0.3) is 0 Å². The maximum Gasteiger partial charge on any atom is 0.225 e. The summed E-state index contributed by atoms with van der Waals surface area (Å²) in [4.78, 5) is 11.9. The Kier molecular flexibility index (Phi) is 4.97. The zero-order valence-corrected chi connectivity index (χ0v) is 12.0. The van der Waals surface area contributed by atoms with Gasteiger partial charge in [0.2, 0.25) is 5.91 Å². The number of carbonyl (C=O) groups excluding carboxylic acids is 1. The van der Waals surface area contributed by atoms with E-state index >= 15 is 0 Å². The van der Waals surface area contributed by atoms with Crippen LogP contribution in [0.15, 0.2) is 18.2 Å². The molecule has 0 unspecified atom stereocenters. The van der Waals surface area contributed by atoms with Crippen molar-refractivity contribution in [2.45, 2.75) is 52.0 Å². The lowest BCUT2D eigenvalue weighted by molar-refractivity contribution is -0.116. The molecule has 0 atom stereocenters. The van der Waals surface area contributed by atoms with Crippen LogP contribution in [0.3, 0.4) is 0 Å². The van der Waals surface area contributed by atoms with E-state index in [9.17, 15) is 4.79 Å². The highest BCUT2D eigenvalue weighted by Crippen LogP contribution is 2.17. The highest BCUT2D eigenvalue weighted by molar-refractivity contribution is 5.91. The molecule has 2 N–H and O–H groups in total. The lowest BCUT2D eigenvalue weighted by Gasteiger charge is -2.12. The first-order valence-corrected chi connectivity index (χ1v) is 7.25. The number of anilines is 1. The fourth-order valence-corrected chi connectivity index (χ4v) is 2.79. The average molecular weight is 260 g/mol. The molecule has 0 aromatic heterocycles. The van der Waals surface area contributed by atoms with E-state index in [2.05, 4.69) is 16.7 Å². The number of rotatable bonds is 5. The van der Waals surface area contributed by atoms with Crippen LogP contribution in [0.1, 0.15) is 43.2 Å². The maximum absolute atomic E-state index is 11.9. The number of hydrogen-bond acceptors (Lipinski definition) is 2. The van der Waals surface area contributed by atoms with Crippen molar-refractivity contribution >= 4 is 11.6 Å². The van der Waals surface area contributed by atoms with Gasteiger partial charge in [-0.25, -0.2) is 0 Å². The van der Waals surface area contributed by atoms with Crippen molar-refractivity contribution in [2.75, 3.05) is 11.9 Å². The van der Waals surface area contributed by atoms with Crippen LogP contribution < -0.4 is 10.6 Å². The molecule has 3 nitrogen and oxygen atoms in total. The van der Waals surface area contributed by atoms with Crippen molar-refractivity contribution in [3.63, 3.8) is 0 Å². The second-order valence-electron chi connectivity index (χ2n) is 5.61. The van der Waals surface area contributed by atoms with E-state index in [0.717, 1.165) is 12.2 Å². The molecule has 0 radical (unpaired) electrons. The topological polar surface area (TPSA) is 41.1 Å². The van der Waals surface area contributed by atoms with Crippen molar-refractivity contribution in [2.24, 2.45) is 0 Å². The average Bonchev–Trinajstić information content (AvgIpc) is 2.80. The van der Waals surface area contributed by atoms with E-state index in [-0.39, 0.29) is 5.91 Å². The van der Waals surface area contributed by atoms with Gasteiger partial charge in [0.1, 0.15) is 0 Å². The van der Waals surface area contributed by atoms with Crippen LogP contribution in [0, 0.1) is 13.8 Å². The van der Waals surface area contributed by atoms with Crippen molar-refractivity contribution in [3.8, 4) is 0 Å². The first kappa shape index (κ1) is 14.1. The van der Waals surface area contributed by atoms with E-state index in [0.29, 0.717) is 12.5 Å². The Morgan fingerprint density at radius 2 is 1.79 bits per heavy atom. The molecule has 0 heterocycles. The summed E-state index contributed by atoms with van der Waals surface area (Å²) < 4.78 is 0. The number of amides is 1. The first-order valence-electron chi connectivity index (χ1n) is 7.25. The van der Waals surface area contributed by atoms with Crippen molar-refractivity contribution in [3.05, 3.63) is 29.3 Å². The lowest BCUT2D eigenvalue weighted by Crippen LogP contribution is -2.29. The van der Waals surface area contributed by atoms with Crippen LogP contribution in [0.5, 0.6) is 0 Å². The first-order chi connectivity index (χ1) is 9.13. The molecular formula is C16H24N2O. The van der Waals surface area contributed by atoms with Gasteiger partial charge in [-0.05, 0) is 49.9 Å². The second kappa shape index (κ2) is 6.71. The van der Waals surface area contributed by atoms with Gasteiger partial charge < -0.3 is 10.6 Å². The van der Waals surface area contributed by atoms with E-state index in [1.54, 1.807) is 0 Å². The van der Waals surface area contributed by atoms with Crippen molar-refractivity contribution in [1.29, 1.82) is 0 Å². The molecule has 3 heteroatoms. The van der Waals surface area contributed by atoms with E-state index in [1.165, 1.54) is 36.8 Å². The third-order valence-corrected chi connectivity index (χ3v) is 3.65. The molecular weight excluding hydrogens is 236 g/mol. The van der Waals surface area contributed by atoms with Crippen molar-refractivity contribution < 1.29 is 4.79 Å². The van der Waals surface area contributed by atoms with Gasteiger partial charge in [0.25, 0.3) is 0 Å². The third-order valence-electron chi connectivity index (χ3n) is 3.65. The molecule has 0 aliphatic heterocycles. The minimum Gasteiger partial charge on any atom is -0.326 e. The lowest BCUT2D eigenvalue weighted by atomic mass is 10.1. The maximum atomic E-state index is 11.9. The smallest absolute Gasteiger partial charge is 0.225 e. The Morgan fingerprint density at radius 1 is 1.16 bits per heavy atom. The van der Waals surface area contributed by atoms with Crippen LogP contribution in [-0.2, 0) is 4.79 Å². The number of aryl methyl sites for hydroxylation is 2. The number of benzene rings is 1. The third kappa shape index (κ3) is 4.67. The molecule has 0 saturated heterocycles. The zero-order valence-electron chi connectivity index (χ0n) is 12.0. The SMILES string of the molecule is Cc1cc(C)cc(NC(=O)CCNC2CCCC2)c1. The molecule has 2 rings (SSSR count). The molecule has 1 aromatic rings. The highest BCUT2D eigenvalue weighted by atomic mass is 16.1. The van der Waals surface area contributed by atoms with Gasteiger partial charge >= 0.3 is 0 Å². The van der Waals surface area contributed by atoms with Crippen LogP contribution in [0.2, 0.25) is 0 Å². The van der Waals surface area contributed by atoms with Crippen LogP contribution in [0.4, 0.5) is 5.69 Å². The van der Waals surface area contributed by atoms with E-state index < -0.39 is 0 Å². The van der Waals surface area contributed by atoms with E-state index in [1.807, 2.05) is 26.0 Å². The van der Waals surface area contributed by atoms with Gasteiger partial charge in [0.05, 0.1) is 0 Å². The van der Waals surface area contributed by atoms with Gasteiger partial charge in [-0.1, -0.05) is 18.9 Å². The molecule has 1 saturated carbocycles. The van der Waals surface area contributed by atoms with Gasteiger partial charge in [0.15, 0.2) is 0 Å². The zero-order chi connectivity index (χ0) is 13.7. The summed E-state index contributed by atoms with van der Waals surface area (Å²) in [7, 11) is 0. The molecule has 1 amide bonds. The molecule has 19 heavy (non-hydrogen) atoms. The Labute approximate surface area is 115 Å². The van der Waals surface area contributed by atoms with Crippen molar-refractivity contribution in [1.82, 2.24) is 5.32 Å². The monoisotopic (exact) mass is 260 g/mol. The summed E-state index contributed by atoms with van der Waals surface area (Å²) in [6, 6.07) is 6.76. The predicted octanol–water partition coefficient (Wildman–Crippen LogP) is 3.16. The summed E-state index contributed by atoms with van der Waals surface area (Å²) in [5, 5.41) is 6.43. The normalized spacial score (nSPS) is 15.7. The predicted molar refractivity (Wildman–Crippen MR) is 79.4 cm³/mol. The fraction of sp³-hybridized carbons (Fsp3) is 0.562. The summed E-state index contributed by atoms with van der Waals surface area (Å²) in [6.45, 7) is 4.87. The van der Waals surface area contributed by atoms with Gasteiger partial charge in [-0.15, -0.1) is 0 Å². The summed E-state index contributed by atoms with van der Waals surface area (Å²) >= 11 is 0. The number of carbonyl (C=O) groups is 1. The Bertz CT molecular complexity index is 416. The summed E-state index contributed by atoms with van der Waals surface area (Å²) in [5.74, 6) is 0.0931. The quantitative estimate of drug-likeness (QED) is 0.854. The Hall–Kier alpha value is -1.35. The summed E-state index contributed by atoms with van der Waals surface area (Å²) in [5.41, 5.74) is 3.27. The Morgan fingerprint density at radius 3 is 2.42 bits per heavy atom. The van der Waals surface area contributed by atoms with Gasteiger partial charge in [-0.2, -0.15) is 0 Å². The molecule has 104 valence electrons. The molecule has 1 aliphatic carbocycles. The highest BCUT2D eigenvalue weighted by Gasteiger charge is 2.14. The minimum absolute atomic E-state index is 0.0931. The molecule has 1 fully saturated rings. The molecule has 0 bridgehead atoms. The Balaban J connectivity index is 1.74. The fourth-order valence-electron chi connectivity index (χ4n) is 2.79. The molecule has 0 spiro atoms. The van der Waals surface area contributed by atoms with Crippen LogP contribution in [-0.4, -0.2) is 18.5 Å². The second-order valence-corrected chi connectivity index (χ2v) is 5.61. The van der Waals surface area contributed by atoms with E-state index in [4.69, 9.17) is 0 Å². The van der Waals surface area contributed by atoms with Gasteiger partial charge in [0, 0.05) is 24.7 Å². The number of hydrogen-bond donors (Lipinski definition) is 2. The molecule has 1 aliphatic rings. The number of nitrogens with one attached hydrogen (secondary N) is 2. The molecule has 1 aromatic carbocycles. The van der Waals surface area contributed by atoms with Crippen LogP contribution >= 0.6 is 0 Å². The summed E-state index contributed by atoms with van der Waals surface area (Å²) in [6.07, 6.45) is 5.72.